The van der Waals surface area contributed by atoms with Crippen molar-refractivity contribution in [1.82, 2.24) is 9.88 Å². The zero-order chi connectivity index (χ0) is 13.8. The highest BCUT2D eigenvalue weighted by Gasteiger charge is 2.17. The van der Waals surface area contributed by atoms with Gasteiger partial charge in [0.15, 0.2) is 0 Å². The standard InChI is InChI=1S/C16H18N2O2/c19-16-5-1-2-9-18(16)10-11-20-14-6-7-15-13(12-14)4-3-8-17-15/h3-4,6-8,12H,1-2,5,9-11H2. The Kier molecular flexibility index (Phi) is 3.81. The molecule has 104 valence electrons. The molecule has 1 aliphatic heterocycles. The number of pyridine rings is 1. The third-order valence-electron chi connectivity index (χ3n) is 3.63. The van der Waals surface area contributed by atoms with Gasteiger partial charge in [0.2, 0.25) is 5.91 Å². The molecule has 0 atom stereocenters. The van der Waals surface area contributed by atoms with Gasteiger partial charge in [0.25, 0.3) is 0 Å². The van der Waals surface area contributed by atoms with Crippen molar-refractivity contribution in [3.05, 3.63) is 36.5 Å². The second-order valence-electron chi connectivity index (χ2n) is 5.04. The maximum atomic E-state index is 11.7. The first-order chi connectivity index (χ1) is 9.83. The van der Waals surface area contributed by atoms with Gasteiger partial charge in [0.1, 0.15) is 12.4 Å². The van der Waals surface area contributed by atoms with Crippen molar-refractivity contribution in [3.8, 4) is 5.75 Å². The lowest BCUT2D eigenvalue weighted by molar-refractivity contribution is -0.133. The fourth-order valence-corrected chi connectivity index (χ4v) is 2.52. The molecule has 1 aliphatic rings. The molecule has 2 aromatic rings. The molecule has 4 nitrogen and oxygen atoms in total. The quantitative estimate of drug-likeness (QED) is 0.857. The predicted octanol–water partition coefficient (Wildman–Crippen LogP) is 2.63. The van der Waals surface area contributed by atoms with Crippen LogP contribution in [0, 0.1) is 0 Å². The van der Waals surface area contributed by atoms with Crippen molar-refractivity contribution in [3.63, 3.8) is 0 Å². The van der Waals surface area contributed by atoms with Crippen LogP contribution in [0.5, 0.6) is 5.75 Å². The van der Waals surface area contributed by atoms with E-state index in [4.69, 9.17) is 4.74 Å². The van der Waals surface area contributed by atoms with E-state index >= 15 is 0 Å². The number of piperidine rings is 1. The highest BCUT2D eigenvalue weighted by Crippen LogP contribution is 2.19. The second-order valence-corrected chi connectivity index (χ2v) is 5.04. The Balaban J connectivity index is 1.58. The van der Waals surface area contributed by atoms with E-state index in [0.717, 1.165) is 36.0 Å². The molecular formula is C16H18N2O2. The minimum Gasteiger partial charge on any atom is -0.492 e. The Morgan fingerprint density at radius 1 is 1.25 bits per heavy atom. The van der Waals surface area contributed by atoms with E-state index in [1.54, 1.807) is 6.20 Å². The summed E-state index contributed by atoms with van der Waals surface area (Å²) in [5.41, 5.74) is 0.964. The fourth-order valence-electron chi connectivity index (χ4n) is 2.52. The molecule has 4 heteroatoms. The van der Waals surface area contributed by atoms with Crippen LogP contribution < -0.4 is 4.74 Å². The number of carbonyl (C=O) groups excluding carboxylic acids is 1. The lowest BCUT2D eigenvalue weighted by Gasteiger charge is -2.26. The lowest BCUT2D eigenvalue weighted by atomic mass is 10.1. The first-order valence-electron chi connectivity index (χ1n) is 7.08. The molecule has 0 aliphatic carbocycles. The third kappa shape index (κ3) is 2.90. The van der Waals surface area contributed by atoms with Crippen LogP contribution >= 0.6 is 0 Å². The number of ether oxygens (including phenoxy) is 1. The highest BCUT2D eigenvalue weighted by molar-refractivity contribution is 5.79. The Hall–Kier alpha value is -2.10. The Bertz CT molecular complexity index is 612. The van der Waals surface area contributed by atoms with Crippen molar-refractivity contribution in [2.24, 2.45) is 0 Å². The first kappa shape index (κ1) is 12.9. The largest absolute Gasteiger partial charge is 0.492 e. The van der Waals surface area contributed by atoms with Gasteiger partial charge in [-0.2, -0.15) is 0 Å². The van der Waals surface area contributed by atoms with Gasteiger partial charge in [0.05, 0.1) is 12.1 Å². The second kappa shape index (κ2) is 5.90. The summed E-state index contributed by atoms with van der Waals surface area (Å²) in [6.07, 6.45) is 4.59. The Morgan fingerprint density at radius 2 is 2.20 bits per heavy atom. The number of nitrogens with zero attached hydrogens (tertiary/aromatic N) is 2. The summed E-state index contributed by atoms with van der Waals surface area (Å²) in [6, 6.07) is 9.80. The maximum absolute atomic E-state index is 11.7. The molecule has 1 aromatic heterocycles. The molecular weight excluding hydrogens is 252 g/mol. The Morgan fingerprint density at radius 3 is 3.10 bits per heavy atom. The first-order valence-corrected chi connectivity index (χ1v) is 7.08. The molecule has 0 N–H and O–H groups in total. The molecule has 1 fully saturated rings. The predicted molar refractivity (Wildman–Crippen MR) is 77.7 cm³/mol. The summed E-state index contributed by atoms with van der Waals surface area (Å²) < 4.78 is 5.74. The van der Waals surface area contributed by atoms with Crippen LogP contribution in [0.15, 0.2) is 36.5 Å². The number of hydrogen-bond acceptors (Lipinski definition) is 3. The SMILES string of the molecule is O=C1CCCCN1CCOc1ccc2ncccc2c1. The minimum absolute atomic E-state index is 0.252. The normalized spacial score (nSPS) is 15.6. The number of aromatic nitrogens is 1. The van der Waals surface area contributed by atoms with Crippen LogP contribution in [0.1, 0.15) is 19.3 Å². The number of hydrogen-bond donors (Lipinski definition) is 0. The zero-order valence-corrected chi connectivity index (χ0v) is 11.4. The van der Waals surface area contributed by atoms with Crippen LogP contribution in [-0.4, -0.2) is 35.5 Å². The fraction of sp³-hybridized carbons (Fsp3) is 0.375. The molecule has 1 amide bonds. The van der Waals surface area contributed by atoms with Gasteiger partial charge in [0, 0.05) is 24.5 Å². The van der Waals surface area contributed by atoms with Gasteiger partial charge in [-0.1, -0.05) is 6.07 Å². The molecule has 0 unspecified atom stereocenters. The maximum Gasteiger partial charge on any atom is 0.222 e. The van der Waals surface area contributed by atoms with Crippen molar-refractivity contribution < 1.29 is 9.53 Å². The summed E-state index contributed by atoms with van der Waals surface area (Å²) in [6.45, 7) is 2.07. The van der Waals surface area contributed by atoms with E-state index in [0.29, 0.717) is 19.6 Å². The van der Waals surface area contributed by atoms with E-state index in [-0.39, 0.29) is 5.91 Å². The van der Waals surface area contributed by atoms with Crippen LogP contribution in [0.25, 0.3) is 10.9 Å². The van der Waals surface area contributed by atoms with Gasteiger partial charge in [-0.25, -0.2) is 0 Å². The summed E-state index contributed by atoms with van der Waals surface area (Å²) in [5, 5.41) is 1.07. The summed E-state index contributed by atoms with van der Waals surface area (Å²) >= 11 is 0. The van der Waals surface area contributed by atoms with Crippen LogP contribution in [0.3, 0.4) is 0 Å². The lowest BCUT2D eigenvalue weighted by Crippen LogP contribution is -2.38. The van der Waals surface area contributed by atoms with Crippen molar-refractivity contribution in [1.29, 1.82) is 0 Å². The smallest absolute Gasteiger partial charge is 0.222 e. The number of likely N-dealkylation sites (tertiary alicyclic amines) is 1. The molecule has 0 saturated carbocycles. The average molecular weight is 270 g/mol. The number of carbonyl (C=O) groups is 1. The van der Waals surface area contributed by atoms with E-state index in [2.05, 4.69) is 4.98 Å². The van der Waals surface area contributed by atoms with Gasteiger partial charge >= 0.3 is 0 Å². The van der Waals surface area contributed by atoms with Gasteiger partial charge in [-0.15, -0.1) is 0 Å². The molecule has 0 spiro atoms. The van der Waals surface area contributed by atoms with E-state index < -0.39 is 0 Å². The Labute approximate surface area is 118 Å². The third-order valence-corrected chi connectivity index (χ3v) is 3.63. The number of benzene rings is 1. The molecule has 20 heavy (non-hydrogen) atoms. The van der Waals surface area contributed by atoms with Crippen molar-refractivity contribution in [2.45, 2.75) is 19.3 Å². The minimum atomic E-state index is 0.252. The van der Waals surface area contributed by atoms with Crippen molar-refractivity contribution in [2.75, 3.05) is 19.7 Å². The van der Waals surface area contributed by atoms with Gasteiger partial charge in [-0.3, -0.25) is 9.78 Å². The average Bonchev–Trinajstić information content (AvgIpc) is 2.49. The van der Waals surface area contributed by atoms with E-state index in [9.17, 15) is 4.79 Å². The summed E-state index contributed by atoms with van der Waals surface area (Å²) in [4.78, 5) is 17.8. The van der Waals surface area contributed by atoms with Gasteiger partial charge in [-0.05, 0) is 37.1 Å². The number of rotatable bonds is 4. The van der Waals surface area contributed by atoms with Crippen LogP contribution in [0.4, 0.5) is 0 Å². The molecule has 3 rings (SSSR count). The summed E-state index contributed by atoms with van der Waals surface area (Å²) in [5.74, 6) is 1.08. The molecule has 0 bridgehead atoms. The topological polar surface area (TPSA) is 42.4 Å². The van der Waals surface area contributed by atoms with E-state index in [1.807, 2.05) is 35.2 Å². The van der Waals surface area contributed by atoms with Crippen LogP contribution in [0.2, 0.25) is 0 Å². The van der Waals surface area contributed by atoms with Crippen LogP contribution in [-0.2, 0) is 4.79 Å². The molecule has 0 radical (unpaired) electrons. The molecule has 2 heterocycles. The highest BCUT2D eigenvalue weighted by atomic mass is 16.5. The van der Waals surface area contributed by atoms with E-state index in [1.165, 1.54) is 0 Å². The van der Waals surface area contributed by atoms with Gasteiger partial charge < -0.3 is 9.64 Å². The molecule has 1 saturated heterocycles. The zero-order valence-electron chi connectivity index (χ0n) is 11.4. The number of amides is 1. The number of fused-ring (bicyclic) bond motifs is 1. The monoisotopic (exact) mass is 270 g/mol. The molecule has 1 aromatic carbocycles. The summed E-state index contributed by atoms with van der Waals surface area (Å²) in [7, 11) is 0. The van der Waals surface area contributed by atoms with Crippen molar-refractivity contribution >= 4 is 16.8 Å².